The Hall–Kier alpha value is -0.860. The van der Waals surface area contributed by atoms with E-state index in [1.807, 2.05) is 0 Å². The van der Waals surface area contributed by atoms with Crippen LogP contribution in [-0.4, -0.2) is 23.5 Å². The second-order valence-corrected chi connectivity index (χ2v) is 7.00. The molecule has 2 N–H and O–H groups in total. The van der Waals surface area contributed by atoms with Gasteiger partial charge in [-0.15, -0.1) is 0 Å². The number of rotatable bonds is 5. The number of benzene rings is 1. The lowest BCUT2D eigenvalue weighted by atomic mass is 9.75. The normalized spacial score (nSPS) is 26.3. The van der Waals surface area contributed by atoms with Crippen LogP contribution in [0.15, 0.2) is 18.2 Å². The van der Waals surface area contributed by atoms with Crippen LogP contribution in [0.5, 0.6) is 0 Å². The van der Waals surface area contributed by atoms with Gasteiger partial charge in [-0.3, -0.25) is 4.90 Å². The first-order valence-electron chi connectivity index (χ1n) is 8.52. The van der Waals surface area contributed by atoms with Crippen molar-refractivity contribution in [2.75, 3.05) is 13.1 Å². The van der Waals surface area contributed by atoms with Crippen molar-refractivity contribution in [3.8, 4) is 0 Å². The van der Waals surface area contributed by atoms with Gasteiger partial charge in [-0.1, -0.05) is 32.0 Å². The van der Waals surface area contributed by atoms with E-state index in [2.05, 4.69) is 50.8 Å². The molecule has 2 heteroatoms. The summed E-state index contributed by atoms with van der Waals surface area (Å²) >= 11 is 0. The molecule has 1 aromatic carbocycles. The molecule has 2 nitrogen and oxygen atoms in total. The third-order valence-corrected chi connectivity index (χ3v) is 5.63. The van der Waals surface area contributed by atoms with Gasteiger partial charge < -0.3 is 5.73 Å². The van der Waals surface area contributed by atoms with Crippen LogP contribution >= 0.6 is 0 Å². The van der Waals surface area contributed by atoms with E-state index in [0.717, 1.165) is 25.6 Å². The smallest absolute Gasteiger partial charge is 0.0335 e. The van der Waals surface area contributed by atoms with Crippen LogP contribution in [-0.2, 0) is 6.54 Å². The molecular weight excluding hydrogens is 256 g/mol. The molecular formula is C19H32N2. The van der Waals surface area contributed by atoms with Crippen molar-refractivity contribution in [3.63, 3.8) is 0 Å². The molecule has 0 saturated heterocycles. The summed E-state index contributed by atoms with van der Waals surface area (Å²) in [6.45, 7) is 12.0. The third kappa shape index (κ3) is 3.49. The number of hydrogen-bond acceptors (Lipinski definition) is 2. The highest BCUT2D eigenvalue weighted by atomic mass is 15.2. The Kier molecular flexibility index (Phi) is 5.45. The van der Waals surface area contributed by atoms with Crippen molar-refractivity contribution < 1.29 is 0 Å². The largest absolute Gasteiger partial charge is 0.329 e. The molecule has 0 atom stereocenters. The maximum atomic E-state index is 6.25. The van der Waals surface area contributed by atoms with Crippen LogP contribution in [0.3, 0.4) is 0 Å². The molecule has 0 amide bonds. The Morgan fingerprint density at radius 1 is 1.19 bits per heavy atom. The summed E-state index contributed by atoms with van der Waals surface area (Å²) in [5.74, 6) is 0.864. The van der Waals surface area contributed by atoms with Crippen molar-refractivity contribution in [1.29, 1.82) is 0 Å². The van der Waals surface area contributed by atoms with Gasteiger partial charge in [0.1, 0.15) is 0 Å². The van der Waals surface area contributed by atoms with E-state index in [9.17, 15) is 0 Å². The standard InChI is InChI=1S/C19H32N2/c1-5-21(13-18-16(3)7-6-8-17(18)4)19(14-20)11-9-15(2)10-12-19/h6-8,15H,5,9-14,20H2,1-4H3. The minimum absolute atomic E-state index is 0.218. The second-order valence-electron chi connectivity index (χ2n) is 7.00. The second kappa shape index (κ2) is 6.93. The van der Waals surface area contributed by atoms with Crippen molar-refractivity contribution in [1.82, 2.24) is 4.90 Å². The summed E-state index contributed by atoms with van der Waals surface area (Å²) in [7, 11) is 0. The molecule has 0 spiro atoms. The summed E-state index contributed by atoms with van der Waals surface area (Å²) in [6, 6.07) is 6.62. The van der Waals surface area contributed by atoms with E-state index in [-0.39, 0.29) is 5.54 Å². The molecule has 2 rings (SSSR count). The van der Waals surface area contributed by atoms with Crippen LogP contribution in [0.4, 0.5) is 0 Å². The minimum Gasteiger partial charge on any atom is -0.329 e. The highest BCUT2D eigenvalue weighted by Crippen LogP contribution is 2.37. The first-order chi connectivity index (χ1) is 10.0. The highest BCUT2D eigenvalue weighted by molar-refractivity contribution is 5.33. The van der Waals surface area contributed by atoms with E-state index in [1.165, 1.54) is 42.4 Å². The van der Waals surface area contributed by atoms with Gasteiger partial charge in [-0.05, 0) is 68.7 Å². The van der Waals surface area contributed by atoms with Crippen LogP contribution in [0.2, 0.25) is 0 Å². The van der Waals surface area contributed by atoms with Crippen LogP contribution in [0.1, 0.15) is 56.2 Å². The van der Waals surface area contributed by atoms with Gasteiger partial charge in [-0.2, -0.15) is 0 Å². The molecule has 0 heterocycles. The lowest BCUT2D eigenvalue weighted by Crippen LogP contribution is -2.55. The number of nitrogens with zero attached hydrogens (tertiary/aromatic N) is 1. The number of hydrogen-bond donors (Lipinski definition) is 1. The van der Waals surface area contributed by atoms with Crippen LogP contribution in [0, 0.1) is 19.8 Å². The predicted octanol–water partition coefficient (Wildman–Crippen LogP) is 4.03. The van der Waals surface area contributed by atoms with Gasteiger partial charge in [0.2, 0.25) is 0 Å². The molecule has 0 bridgehead atoms. The summed E-state index contributed by atoms with van der Waals surface area (Å²) in [6.07, 6.45) is 5.15. The van der Waals surface area contributed by atoms with Crippen LogP contribution in [0.25, 0.3) is 0 Å². The summed E-state index contributed by atoms with van der Waals surface area (Å²) in [5, 5.41) is 0. The number of likely N-dealkylation sites (N-methyl/N-ethyl adjacent to an activating group) is 1. The maximum absolute atomic E-state index is 6.25. The summed E-state index contributed by atoms with van der Waals surface area (Å²) in [4.78, 5) is 2.65. The Labute approximate surface area is 130 Å². The van der Waals surface area contributed by atoms with E-state index in [4.69, 9.17) is 5.73 Å². The molecule has 0 aliphatic heterocycles. The van der Waals surface area contributed by atoms with Gasteiger partial charge in [0.25, 0.3) is 0 Å². The zero-order valence-corrected chi connectivity index (χ0v) is 14.3. The fraction of sp³-hybridized carbons (Fsp3) is 0.684. The fourth-order valence-electron chi connectivity index (χ4n) is 3.85. The highest BCUT2D eigenvalue weighted by Gasteiger charge is 2.37. The Morgan fingerprint density at radius 2 is 1.76 bits per heavy atom. The van der Waals surface area contributed by atoms with E-state index >= 15 is 0 Å². The molecule has 1 aliphatic rings. The van der Waals surface area contributed by atoms with E-state index in [0.29, 0.717) is 0 Å². The van der Waals surface area contributed by atoms with E-state index < -0.39 is 0 Å². The molecule has 0 aromatic heterocycles. The molecule has 1 saturated carbocycles. The third-order valence-electron chi connectivity index (χ3n) is 5.63. The topological polar surface area (TPSA) is 29.3 Å². The van der Waals surface area contributed by atoms with Gasteiger partial charge in [0.15, 0.2) is 0 Å². The average Bonchev–Trinajstić information content (AvgIpc) is 2.49. The van der Waals surface area contributed by atoms with Crippen LogP contribution < -0.4 is 5.73 Å². The number of nitrogens with two attached hydrogens (primary N) is 1. The molecule has 0 unspecified atom stereocenters. The summed E-state index contributed by atoms with van der Waals surface area (Å²) in [5.41, 5.74) is 10.8. The zero-order chi connectivity index (χ0) is 15.5. The van der Waals surface area contributed by atoms with Crippen molar-refractivity contribution in [2.45, 2.75) is 65.5 Å². The minimum atomic E-state index is 0.218. The quantitative estimate of drug-likeness (QED) is 0.886. The maximum Gasteiger partial charge on any atom is 0.0335 e. The fourth-order valence-corrected chi connectivity index (χ4v) is 3.85. The molecule has 1 aromatic rings. The van der Waals surface area contributed by atoms with Gasteiger partial charge >= 0.3 is 0 Å². The molecule has 1 aliphatic carbocycles. The Balaban J connectivity index is 2.22. The molecule has 21 heavy (non-hydrogen) atoms. The average molecular weight is 288 g/mol. The predicted molar refractivity (Wildman–Crippen MR) is 91.4 cm³/mol. The lowest BCUT2D eigenvalue weighted by molar-refractivity contribution is 0.0421. The SMILES string of the molecule is CCN(Cc1c(C)cccc1C)C1(CN)CCC(C)CC1. The molecule has 0 radical (unpaired) electrons. The lowest BCUT2D eigenvalue weighted by Gasteiger charge is -2.47. The van der Waals surface area contributed by atoms with Crippen molar-refractivity contribution >= 4 is 0 Å². The zero-order valence-electron chi connectivity index (χ0n) is 14.3. The summed E-state index contributed by atoms with van der Waals surface area (Å²) < 4.78 is 0. The first kappa shape index (κ1) is 16.5. The van der Waals surface area contributed by atoms with Crippen molar-refractivity contribution in [3.05, 3.63) is 34.9 Å². The molecule has 1 fully saturated rings. The molecule has 118 valence electrons. The monoisotopic (exact) mass is 288 g/mol. The van der Waals surface area contributed by atoms with Gasteiger partial charge in [0.05, 0.1) is 0 Å². The van der Waals surface area contributed by atoms with Gasteiger partial charge in [-0.25, -0.2) is 0 Å². The Morgan fingerprint density at radius 3 is 2.24 bits per heavy atom. The number of aryl methyl sites for hydroxylation is 2. The van der Waals surface area contributed by atoms with Crippen molar-refractivity contribution in [2.24, 2.45) is 11.7 Å². The van der Waals surface area contributed by atoms with E-state index in [1.54, 1.807) is 0 Å². The first-order valence-corrected chi connectivity index (χ1v) is 8.52. The Bertz CT molecular complexity index is 438. The van der Waals surface area contributed by atoms with Gasteiger partial charge in [0, 0.05) is 18.6 Å².